The summed E-state index contributed by atoms with van der Waals surface area (Å²) in [6.45, 7) is 1.63. The largest absolute Gasteiger partial charge is 0.699 e. The molecule has 3 N–H and O–H groups in total. The first-order valence-electron chi connectivity index (χ1n) is 12.5. The van der Waals surface area contributed by atoms with Crippen molar-refractivity contribution in [2.75, 3.05) is 20.1 Å². The average molecular weight is 574 g/mol. The fourth-order valence-corrected chi connectivity index (χ4v) is 5.43. The zero-order valence-corrected chi connectivity index (χ0v) is 22.4. The van der Waals surface area contributed by atoms with Crippen LogP contribution in [0.5, 0.6) is 11.6 Å². The number of aliphatic hydroxyl groups is 1. The van der Waals surface area contributed by atoms with Crippen molar-refractivity contribution >= 4 is 33.1 Å². The molecule has 1 fully saturated rings. The van der Waals surface area contributed by atoms with Gasteiger partial charge < -0.3 is 25.6 Å². The van der Waals surface area contributed by atoms with Gasteiger partial charge in [-0.05, 0) is 69.1 Å². The molecule has 40 heavy (non-hydrogen) atoms. The number of aromatic carboxylic acids is 1. The number of rotatable bonds is 6. The SMILES string of the molecule is CN1CCC(Cc2ccc([NH-])cc2C(F)(F)F)CC1.O=C(O)c1csc2cc(Oc3ccnc(CO)n3)ccc12. The van der Waals surface area contributed by atoms with Crippen molar-refractivity contribution in [3.63, 3.8) is 0 Å². The summed E-state index contributed by atoms with van der Waals surface area (Å²) in [4.78, 5) is 21.2. The summed E-state index contributed by atoms with van der Waals surface area (Å²) in [6.07, 6.45) is -0.520. The normalized spacial score (nSPS) is 14.5. The molecular formula is C28H28F3N4O4S-. The molecule has 1 aliphatic heterocycles. The zero-order valence-electron chi connectivity index (χ0n) is 21.6. The van der Waals surface area contributed by atoms with Crippen molar-refractivity contribution in [1.82, 2.24) is 14.9 Å². The summed E-state index contributed by atoms with van der Waals surface area (Å²) >= 11 is 1.34. The molecule has 0 bridgehead atoms. The number of thiophene rings is 1. The number of nitrogens with one attached hydrogen (secondary N) is 1. The maximum Gasteiger partial charge on any atom is 0.416 e. The minimum Gasteiger partial charge on any atom is -0.699 e. The lowest BCUT2D eigenvalue weighted by Crippen LogP contribution is -2.31. The van der Waals surface area contributed by atoms with Crippen LogP contribution in [0, 0.1) is 5.92 Å². The van der Waals surface area contributed by atoms with Crippen LogP contribution in [-0.4, -0.2) is 51.2 Å². The van der Waals surface area contributed by atoms with Crippen LogP contribution in [0.2, 0.25) is 0 Å². The maximum absolute atomic E-state index is 13.0. The van der Waals surface area contributed by atoms with Crippen molar-refractivity contribution in [2.24, 2.45) is 5.92 Å². The van der Waals surface area contributed by atoms with Crippen LogP contribution in [-0.2, 0) is 19.2 Å². The number of alkyl halides is 3. The third kappa shape index (κ3) is 7.46. The number of ether oxygens (including phenoxy) is 1. The average Bonchev–Trinajstić information content (AvgIpc) is 3.35. The number of halogens is 3. The molecule has 1 aliphatic rings. The number of fused-ring (bicyclic) bond motifs is 1. The number of piperidine rings is 1. The number of aromatic nitrogens is 2. The Labute approximate surface area is 232 Å². The van der Waals surface area contributed by atoms with E-state index >= 15 is 0 Å². The molecule has 3 heterocycles. The van der Waals surface area contributed by atoms with E-state index < -0.39 is 17.7 Å². The van der Waals surface area contributed by atoms with Crippen LogP contribution in [0.3, 0.4) is 0 Å². The summed E-state index contributed by atoms with van der Waals surface area (Å²) in [5.41, 5.74) is 7.24. The van der Waals surface area contributed by atoms with Gasteiger partial charge in [-0.15, -0.1) is 17.0 Å². The van der Waals surface area contributed by atoms with Crippen LogP contribution >= 0.6 is 11.3 Å². The van der Waals surface area contributed by atoms with Gasteiger partial charge in [0.25, 0.3) is 0 Å². The lowest BCUT2D eigenvalue weighted by atomic mass is 9.88. The van der Waals surface area contributed by atoms with Gasteiger partial charge in [-0.1, -0.05) is 18.2 Å². The molecule has 5 rings (SSSR count). The first kappa shape index (κ1) is 29.2. The Kier molecular flexibility index (Phi) is 9.23. The topological polar surface area (TPSA) is 120 Å². The Morgan fingerprint density at radius 3 is 2.60 bits per heavy atom. The van der Waals surface area contributed by atoms with E-state index in [2.05, 4.69) is 14.9 Å². The molecule has 0 aliphatic carbocycles. The molecule has 0 spiro atoms. The monoisotopic (exact) mass is 573 g/mol. The zero-order chi connectivity index (χ0) is 28.9. The minimum atomic E-state index is -4.36. The van der Waals surface area contributed by atoms with E-state index in [0.29, 0.717) is 34.9 Å². The van der Waals surface area contributed by atoms with E-state index in [1.54, 1.807) is 29.6 Å². The number of benzene rings is 2. The van der Waals surface area contributed by atoms with Crippen LogP contribution in [0.25, 0.3) is 15.8 Å². The first-order chi connectivity index (χ1) is 19.0. The molecule has 212 valence electrons. The lowest BCUT2D eigenvalue weighted by molar-refractivity contribution is -0.138. The lowest BCUT2D eigenvalue weighted by Gasteiger charge is -2.29. The third-order valence-electron chi connectivity index (χ3n) is 6.58. The van der Waals surface area contributed by atoms with Gasteiger partial charge >= 0.3 is 12.1 Å². The number of likely N-dealkylation sites (tertiary alicyclic amines) is 1. The second-order valence-corrected chi connectivity index (χ2v) is 10.4. The van der Waals surface area contributed by atoms with Crippen molar-refractivity contribution in [3.8, 4) is 11.6 Å². The van der Waals surface area contributed by atoms with Crippen LogP contribution in [0.1, 0.15) is 40.2 Å². The number of nitrogens with zero attached hydrogens (tertiary/aromatic N) is 3. The first-order valence-corrected chi connectivity index (χ1v) is 13.4. The predicted molar refractivity (Wildman–Crippen MR) is 146 cm³/mol. The summed E-state index contributed by atoms with van der Waals surface area (Å²) in [5.74, 6) is 0.511. The summed E-state index contributed by atoms with van der Waals surface area (Å²) < 4.78 is 45.3. The van der Waals surface area contributed by atoms with Gasteiger partial charge in [0.15, 0.2) is 5.82 Å². The minimum absolute atomic E-state index is 0.0838. The van der Waals surface area contributed by atoms with Gasteiger partial charge in [0.1, 0.15) is 12.4 Å². The van der Waals surface area contributed by atoms with Crippen molar-refractivity contribution < 1.29 is 32.9 Å². The third-order valence-corrected chi connectivity index (χ3v) is 7.53. The number of carbonyl (C=O) groups is 1. The van der Waals surface area contributed by atoms with Gasteiger partial charge in [0.05, 0.1) is 11.1 Å². The van der Waals surface area contributed by atoms with Crippen LogP contribution < -0.4 is 4.74 Å². The van der Waals surface area contributed by atoms with Crippen LogP contribution in [0.4, 0.5) is 18.9 Å². The molecule has 4 aromatic rings. The Hall–Kier alpha value is -3.74. The van der Waals surface area contributed by atoms with Crippen molar-refractivity contribution in [3.05, 3.63) is 82.3 Å². The molecule has 2 aromatic heterocycles. The summed E-state index contributed by atoms with van der Waals surface area (Å²) in [7, 11) is 2.03. The second-order valence-electron chi connectivity index (χ2n) is 9.50. The van der Waals surface area contributed by atoms with Gasteiger partial charge in [-0.25, -0.2) is 9.78 Å². The van der Waals surface area contributed by atoms with Gasteiger partial charge in [-0.2, -0.15) is 18.2 Å². The Balaban J connectivity index is 0.000000186. The van der Waals surface area contributed by atoms with Crippen molar-refractivity contribution in [1.29, 1.82) is 0 Å². The molecule has 1 saturated heterocycles. The van der Waals surface area contributed by atoms with Gasteiger partial charge in [0, 0.05) is 27.7 Å². The number of carboxylic acid groups (broad SMARTS) is 1. The smallest absolute Gasteiger partial charge is 0.416 e. The van der Waals surface area contributed by atoms with E-state index in [1.807, 2.05) is 7.05 Å². The Morgan fingerprint density at radius 2 is 1.93 bits per heavy atom. The maximum atomic E-state index is 13.0. The van der Waals surface area contributed by atoms with E-state index in [9.17, 15) is 18.0 Å². The second kappa shape index (κ2) is 12.6. The van der Waals surface area contributed by atoms with Crippen molar-refractivity contribution in [2.45, 2.75) is 32.0 Å². The highest BCUT2D eigenvalue weighted by atomic mass is 32.1. The molecule has 12 heteroatoms. The fourth-order valence-electron chi connectivity index (χ4n) is 4.47. The van der Waals surface area contributed by atoms with E-state index in [1.165, 1.54) is 29.7 Å². The van der Waals surface area contributed by atoms with Crippen LogP contribution in [0.15, 0.2) is 54.0 Å². The molecule has 0 unspecified atom stereocenters. The molecule has 0 radical (unpaired) electrons. The number of carboxylic acids is 1. The predicted octanol–water partition coefficient (Wildman–Crippen LogP) is 6.95. The summed E-state index contributed by atoms with van der Waals surface area (Å²) in [6, 6.07) is 10.6. The molecule has 8 nitrogen and oxygen atoms in total. The summed E-state index contributed by atoms with van der Waals surface area (Å²) in [5, 5.41) is 20.3. The molecule has 0 saturated carbocycles. The Bertz CT molecular complexity index is 1470. The highest BCUT2D eigenvalue weighted by Gasteiger charge is 2.33. The molecule has 0 amide bonds. The number of aliphatic hydroxyl groups excluding tert-OH is 1. The van der Waals surface area contributed by atoms with Gasteiger partial charge in [0.2, 0.25) is 5.88 Å². The highest BCUT2D eigenvalue weighted by molar-refractivity contribution is 7.17. The molecule has 0 atom stereocenters. The number of hydrogen-bond donors (Lipinski definition) is 2. The fraction of sp³-hybridized carbons (Fsp3) is 0.321. The highest BCUT2D eigenvalue weighted by Crippen LogP contribution is 2.36. The quantitative estimate of drug-likeness (QED) is 0.256. The van der Waals surface area contributed by atoms with E-state index in [0.717, 1.165) is 36.7 Å². The number of hydrogen-bond acceptors (Lipinski definition) is 7. The van der Waals surface area contributed by atoms with E-state index in [-0.39, 0.29) is 23.7 Å². The molecular weight excluding hydrogens is 545 g/mol. The Morgan fingerprint density at radius 1 is 1.18 bits per heavy atom. The van der Waals surface area contributed by atoms with E-state index in [4.69, 9.17) is 20.7 Å². The van der Waals surface area contributed by atoms with Gasteiger partial charge in [-0.3, -0.25) is 0 Å². The molecule has 2 aromatic carbocycles. The standard InChI is InChI=1S/C14H18F3N2.C14H10N2O4S/c1-19-6-4-10(5-7-19)8-11-2-3-12(18)9-13(11)14(15,16)17;17-6-12-15-4-3-13(16-12)20-8-1-2-9-10(14(18)19)7-21-11(9)5-8/h2-3,9-10,18H,4-8H2,1H3;1-5,7,17H,6H2,(H,18,19)/q-1;.